The fourth-order valence-corrected chi connectivity index (χ4v) is 1.58. The van der Waals surface area contributed by atoms with Crippen LogP contribution in [0.1, 0.15) is 22.6 Å². The van der Waals surface area contributed by atoms with Crippen molar-refractivity contribution in [2.75, 3.05) is 6.54 Å². The fourth-order valence-electron chi connectivity index (χ4n) is 1.58. The molecule has 0 fully saturated rings. The summed E-state index contributed by atoms with van der Waals surface area (Å²) < 4.78 is 0. The van der Waals surface area contributed by atoms with Gasteiger partial charge in [-0.25, -0.2) is 4.98 Å². The highest BCUT2D eigenvalue weighted by Gasteiger charge is 2.08. The van der Waals surface area contributed by atoms with Gasteiger partial charge in [0.2, 0.25) is 0 Å². The number of aromatic amines is 2. The van der Waals surface area contributed by atoms with Gasteiger partial charge in [0.05, 0.1) is 0 Å². The van der Waals surface area contributed by atoms with Gasteiger partial charge in [-0.2, -0.15) is 0 Å². The lowest BCUT2D eigenvalue weighted by molar-refractivity contribution is 0.0951. The number of hydrogen-bond donors (Lipinski definition) is 3. The van der Waals surface area contributed by atoms with E-state index in [-0.39, 0.29) is 16.9 Å². The molecule has 0 aromatic carbocycles. The number of pyridine rings is 1. The molecule has 0 saturated heterocycles. The zero-order valence-electron chi connectivity index (χ0n) is 9.77. The summed E-state index contributed by atoms with van der Waals surface area (Å²) in [6.07, 6.45) is 7.89. The van der Waals surface area contributed by atoms with Gasteiger partial charge in [0.1, 0.15) is 11.4 Å². The number of aromatic nitrogens is 3. The molecule has 0 aliphatic rings. The summed E-state index contributed by atoms with van der Waals surface area (Å²) in [6, 6.07) is 1.33. The highest BCUT2D eigenvalue weighted by Crippen LogP contribution is 1.94. The van der Waals surface area contributed by atoms with Crippen molar-refractivity contribution < 1.29 is 4.79 Å². The van der Waals surface area contributed by atoms with E-state index in [2.05, 4.69) is 20.3 Å². The maximum atomic E-state index is 11.7. The molecule has 0 aliphatic carbocycles. The topological polar surface area (TPSA) is 90.6 Å². The molecule has 2 rings (SSSR count). The zero-order chi connectivity index (χ0) is 12.8. The number of carbonyl (C=O) groups excluding carboxylic acids is 1. The molecule has 0 aliphatic heterocycles. The molecule has 0 saturated carbocycles. The molecule has 0 atom stereocenters. The van der Waals surface area contributed by atoms with Crippen LogP contribution in [-0.2, 0) is 6.42 Å². The van der Waals surface area contributed by atoms with Gasteiger partial charge < -0.3 is 15.3 Å². The van der Waals surface area contributed by atoms with Crippen LogP contribution < -0.4 is 10.7 Å². The maximum absolute atomic E-state index is 11.7. The first-order chi connectivity index (χ1) is 8.77. The van der Waals surface area contributed by atoms with Gasteiger partial charge in [0.25, 0.3) is 5.91 Å². The van der Waals surface area contributed by atoms with E-state index in [9.17, 15) is 9.59 Å². The Morgan fingerprint density at radius 1 is 1.39 bits per heavy atom. The van der Waals surface area contributed by atoms with Crippen LogP contribution in [-0.4, -0.2) is 27.4 Å². The normalized spacial score (nSPS) is 10.2. The second-order valence-electron chi connectivity index (χ2n) is 3.82. The zero-order valence-corrected chi connectivity index (χ0v) is 9.77. The number of nitrogens with zero attached hydrogens (tertiary/aromatic N) is 1. The first kappa shape index (κ1) is 12.1. The first-order valence-electron chi connectivity index (χ1n) is 5.71. The largest absolute Gasteiger partial charge is 0.367 e. The standard InChI is InChI=1S/C12H14N4O2/c17-10-3-5-13-8-9(10)12(18)16-4-1-2-11-14-6-7-15-11/h3,5-8H,1-2,4H2,(H,13,17)(H,14,15)(H,16,18). The Bertz CT molecular complexity index is 559. The Morgan fingerprint density at radius 3 is 3.00 bits per heavy atom. The van der Waals surface area contributed by atoms with Gasteiger partial charge in [-0.1, -0.05) is 0 Å². The molecule has 6 heteroatoms. The van der Waals surface area contributed by atoms with E-state index in [1.54, 1.807) is 12.4 Å². The van der Waals surface area contributed by atoms with Gasteiger partial charge in [0, 0.05) is 43.8 Å². The number of H-pyrrole nitrogens is 2. The van der Waals surface area contributed by atoms with E-state index in [0.29, 0.717) is 6.54 Å². The van der Waals surface area contributed by atoms with E-state index in [0.717, 1.165) is 18.7 Å². The minimum absolute atomic E-state index is 0.135. The molecule has 2 aromatic rings. The Kier molecular flexibility index (Phi) is 3.90. The van der Waals surface area contributed by atoms with Crippen LogP contribution in [0.25, 0.3) is 0 Å². The van der Waals surface area contributed by atoms with Crippen molar-refractivity contribution in [3.63, 3.8) is 0 Å². The van der Waals surface area contributed by atoms with Crippen LogP contribution in [0.2, 0.25) is 0 Å². The summed E-state index contributed by atoms with van der Waals surface area (Å²) in [4.78, 5) is 32.8. The van der Waals surface area contributed by atoms with Crippen molar-refractivity contribution >= 4 is 5.91 Å². The molecule has 6 nitrogen and oxygen atoms in total. The van der Waals surface area contributed by atoms with Crippen molar-refractivity contribution in [2.45, 2.75) is 12.8 Å². The number of hydrogen-bond acceptors (Lipinski definition) is 3. The molecule has 2 heterocycles. The van der Waals surface area contributed by atoms with Crippen molar-refractivity contribution in [3.05, 3.63) is 52.5 Å². The minimum atomic E-state index is -0.351. The fraction of sp³-hybridized carbons (Fsp3) is 0.250. The summed E-state index contributed by atoms with van der Waals surface area (Å²) in [5.41, 5.74) is -0.146. The van der Waals surface area contributed by atoms with Crippen molar-refractivity contribution in [1.29, 1.82) is 0 Å². The van der Waals surface area contributed by atoms with Gasteiger partial charge >= 0.3 is 0 Å². The lowest BCUT2D eigenvalue weighted by atomic mass is 10.2. The molecule has 0 bridgehead atoms. The van der Waals surface area contributed by atoms with E-state index < -0.39 is 0 Å². The molecule has 94 valence electrons. The van der Waals surface area contributed by atoms with E-state index in [1.807, 2.05) is 0 Å². The smallest absolute Gasteiger partial charge is 0.256 e. The third kappa shape index (κ3) is 3.07. The third-order valence-electron chi connectivity index (χ3n) is 2.50. The van der Waals surface area contributed by atoms with E-state index >= 15 is 0 Å². The van der Waals surface area contributed by atoms with Crippen molar-refractivity contribution in [1.82, 2.24) is 20.3 Å². The predicted octanol–water partition coefficient (Wildman–Crippen LogP) is 0.461. The lowest BCUT2D eigenvalue weighted by Gasteiger charge is -2.03. The molecule has 0 radical (unpaired) electrons. The van der Waals surface area contributed by atoms with Gasteiger partial charge in [-0.3, -0.25) is 9.59 Å². The van der Waals surface area contributed by atoms with Crippen LogP contribution in [0.15, 0.2) is 35.6 Å². The number of nitrogens with one attached hydrogen (secondary N) is 3. The highest BCUT2D eigenvalue weighted by atomic mass is 16.2. The number of rotatable bonds is 5. The quantitative estimate of drug-likeness (QED) is 0.669. The van der Waals surface area contributed by atoms with Crippen LogP contribution in [0, 0.1) is 0 Å². The maximum Gasteiger partial charge on any atom is 0.256 e. The number of aryl methyl sites for hydroxylation is 1. The predicted molar refractivity (Wildman–Crippen MR) is 66.3 cm³/mol. The average Bonchev–Trinajstić information content (AvgIpc) is 2.88. The Balaban J connectivity index is 1.79. The molecule has 2 aromatic heterocycles. The van der Waals surface area contributed by atoms with Crippen molar-refractivity contribution in [3.8, 4) is 0 Å². The van der Waals surface area contributed by atoms with E-state index in [4.69, 9.17) is 0 Å². The number of amides is 1. The average molecular weight is 246 g/mol. The van der Waals surface area contributed by atoms with Crippen LogP contribution in [0.3, 0.4) is 0 Å². The van der Waals surface area contributed by atoms with Crippen LogP contribution >= 0.6 is 0 Å². The van der Waals surface area contributed by atoms with E-state index in [1.165, 1.54) is 18.5 Å². The molecule has 0 spiro atoms. The summed E-state index contributed by atoms with van der Waals surface area (Å²) in [6.45, 7) is 0.508. The molecule has 1 amide bonds. The third-order valence-corrected chi connectivity index (χ3v) is 2.50. The van der Waals surface area contributed by atoms with Crippen molar-refractivity contribution in [2.24, 2.45) is 0 Å². The minimum Gasteiger partial charge on any atom is -0.367 e. The SMILES string of the molecule is O=C(NCCCc1ncc[nH]1)c1c[nH]ccc1=O. The van der Waals surface area contributed by atoms with Gasteiger partial charge in [0.15, 0.2) is 5.43 Å². The second-order valence-corrected chi connectivity index (χ2v) is 3.82. The monoisotopic (exact) mass is 246 g/mol. The highest BCUT2D eigenvalue weighted by molar-refractivity contribution is 5.93. The van der Waals surface area contributed by atoms with Crippen LogP contribution in [0.4, 0.5) is 0 Å². The summed E-state index contributed by atoms with van der Waals surface area (Å²) >= 11 is 0. The molecular formula is C12H14N4O2. The van der Waals surface area contributed by atoms with Crippen LogP contribution in [0.5, 0.6) is 0 Å². The Labute approximate surface area is 103 Å². The summed E-state index contributed by atoms with van der Waals surface area (Å²) in [5.74, 6) is 0.540. The number of imidazole rings is 1. The lowest BCUT2D eigenvalue weighted by Crippen LogP contribution is -2.29. The molecule has 0 unspecified atom stereocenters. The number of carbonyl (C=O) groups is 1. The van der Waals surface area contributed by atoms with Gasteiger partial charge in [-0.15, -0.1) is 0 Å². The molecular weight excluding hydrogens is 232 g/mol. The Morgan fingerprint density at radius 2 is 2.28 bits per heavy atom. The summed E-state index contributed by atoms with van der Waals surface area (Å²) in [7, 11) is 0. The molecule has 18 heavy (non-hydrogen) atoms. The summed E-state index contributed by atoms with van der Waals surface area (Å²) in [5, 5.41) is 2.70. The second kappa shape index (κ2) is 5.81. The Hall–Kier alpha value is -2.37. The van der Waals surface area contributed by atoms with Gasteiger partial charge in [-0.05, 0) is 6.42 Å². The first-order valence-corrected chi connectivity index (χ1v) is 5.71. The molecule has 3 N–H and O–H groups in total.